The van der Waals surface area contributed by atoms with Gasteiger partial charge >= 0.3 is 0 Å². The van der Waals surface area contributed by atoms with Crippen molar-refractivity contribution in [3.8, 4) is 0 Å². The van der Waals surface area contributed by atoms with Crippen LogP contribution in [0.15, 0.2) is 11.6 Å². The highest BCUT2D eigenvalue weighted by Crippen LogP contribution is 2.32. The molecule has 0 bridgehead atoms. The Morgan fingerprint density at radius 2 is 1.82 bits per heavy atom. The van der Waals surface area contributed by atoms with E-state index in [2.05, 4.69) is 11.4 Å². The third-order valence-corrected chi connectivity index (χ3v) is 2.34. The summed E-state index contributed by atoms with van der Waals surface area (Å²) in [6, 6.07) is 0. The number of hydrogen-bond acceptors (Lipinski definition) is 1. The quantitative estimate of drug-likeness (QED) is 0.600. The van der Waals surface area contributed by atoms with Crippen LogP contribution in [0.2, 0.25) is 0 Å². The molecule has 0 aromatic carbocycles. The Morgan fingerprint density at radius 1 is 1.18 bits per heavy atom. The van der Waals surface area contributed by atoms with E-state index in [9.17, 15) is 0 Å². The first-order valence-electron chi connectivity index (χ1n) is 4.35. The third kappa shape index (κ3) is 2.84. The standard InChI is InChI=1S/C9H15N.ClH/c1-2-8(1)7-9-3-5-10-6-4-9;/h7-8,10H,1-6H2;1H. The zero-order valence-electron chi connectivity index (χ0n) is 6.81. The Hall–Kier alpha value is -0.0100. The number of nitrogens with one attached hydrogen (secondary N) is 1. The van der Waals surface area contributed by atoms with Crippen LogP contribution in [0.25, 0.3) is 0 Å². The maximum atomic E-state index is 3.37. The van der Waals surface area contributed by atoms with E-state index < -0.39 is 0 Å². The molecule has 2 fully saturated rings. The molecule has 1 aliphatic heterocycles. The lowest BCUT2D eigenvalue weighted by molar-refractivity contribution is 0.606. The second-order valence-electron chi connectivity index (χ2n) is 3.41. The fourth-order valence-corrected chi connectivity index (χ4v) is 1.51. The van der Waals surface area contributed by atoms with Gasteiger partial charge in [0.2, 0.25) is 0 Å². The van der Waals surface area contributed by atoms with Crippen molar-refractivity contribution in [2.45, 2.75) is 25.7 Å². The Bertz CT molecular complexity index is 142. The molecule has 2 aliphatic rings. The van der Waals surface area contributed by atoms with E-state index >= 15 is 0 Å². The van der Waals surface area contributed by atoms with Gasteiger partial charge in [-0.05, 0) is 44.7 Å². The molecule has 0 aromatic heterocycles. The van der Waals surface area contributed by atoms with Crippen molar-refractivity contribution in [1.29, 1.82) is 0 Å². The van der Waals surface area contributed by atoms with E-state index in [1.54, 1.807) is 5.57 Å². The Kier molecular flexibility index (Phi) is 3.41. The molecule has 1 nitrogen and oxygen atoms in total. The van der Waals surface area contributed by atoms with Crippen molar-refractivity contribution in [1.82, 2.24) is 5.32 Å². The van der Waals surface area contributed by atoms with Crippen LogP contribution >= 0.6 is 12.4 Å². The molecule has 1 saturated carbocycles. The molecule has 2 rings (SSSR count). The van der Waals surface area contributed by atoms with Gasteiger partial charge in [-0.3, -0.25) is 0 Å². The topological polar surface area (TPSA) is 12.0 Å². The summed E-state index contributed by atoms with van der Waals surface area (Å²) in [6.45, 7) is 2.41. The van der Waals surface area contributed by atoms with Gasteiger partial charge < -0.3 is 5.32 Å². The van der Waals surface area contributed by atoms with Crippen LogP contribution in [0.4, 0.5) is 0 Å². The molecule has 1 N–H and O–H groups in total. The summed E-state index contributed by atoms with van der Waals surface area (Å²) in [6.07, 6.45) is 8.03. The maximum absolute atomic E-state index is 3.37. The Balaban J connectivity index is 0.000000605. The minimum atomic E-state index is 0. The van der Waals surface area contributed by atoms with E-state index in [0.717, 1.165) is 5.92 Å². The monoisotopic (exact) mass is 173 g/mol. The van der Waals surface area contributed by atoms with Crippen LogP contribution < -0.4 is 5.32 Å². The van der Waals surface area contributed by atoms with Crippen molar-refractivity contribution in [2.75, 3.05) is 13.1 Å². The van der Waals surface area contributed by atoms with Gasteiger partial charge in [0, 0.05) is 0 Å². The molecule has 1 heterocycles. The van der Waals surface area contributed by atoms with E-state index in [4.69, 9.17) is 0 Å². The maximum Gasteiger partial charge on any atom is -0.00115 e. The predicted octanol–water partition coefficient (Wildman–Crippen LogP) is 2.13. The smallest absolute Gasteiger partial charge is 0.00115 e. The van der Waals surface area contributed by atoms with Crippen molar-refractivity contribution in [3.63, 3.8) is 0 Å². The van der Waals surface area contributed by atoms with E-state index in [1.165, 1.54) is 38.8 Å². The van der Waals surface area contributed by atoms with Crippen molar-refractivity contribution >= 4 is 12.4 Å². The average molecular weight is 174 g/mol. The lowest BCUT2D eigenvalue weighted by Gasteiger charge is -2.14. The van der Waals surface area contributed by atoms with Crippen molar-refractivity contribution in [3.05, 3.63) is 11.6 Å². The van der Waals surface area contributed by atoms with Gasteiger partial charge in [0.25, 0.3) is 0 Å². The molecule has 2 heteroatoms. The summed E-state index contributed by atoms with van der Waals surface area (Å²) in [7, 11) is 0. The molecule has 0 radical (unpaired) electrons. The molecular formula is C9H16ClN. The second-order valence-corrected chi connectivity index (χ2v) is 3.41. The van der Waals surface area contributed by atoms with Gasteiger partial charge in [-0.2, -0.15) is 0 Å². The molecule has 11 heavy (non-hydrogen) atoms. The van der Waals surface area contributed by atoms with Crippen LogP contribution in [0.3, 0.4) is 0 Å². The lowest BCUT2D eigenvalue weighted by Crippen LogP contribution is -2.23. The lowest BCUT2D eigenvalue weighted by atomic mass is 10.0. The van der Waals surface area contributed by atoms with Crippen LogP contribution in [-0.4, -0.2) is 13.1 Å². The minimum Gasteiger partial charge on any atom is -0.316 e. The van der Waals surface area contributed by atoms with Crippen LogP contribution in [0, 0.1) is 5.92 Å². The number of rotatable bonds is 1. The SMILES string of the molecule is C(=C1CCNCC1)C1CC1.Cl. The summed E-state index contributed by atoms with van der Waals surface area (Å²) in [4.78, 5) is 0. The zero-order chi connectivity index (χ0) is 6.81. The molecular weight excluding hydrogens is 158 g/mol. The molecule has 0 spiro atoms. The van der Waals surface area contributed by atoms with Crippen LogP contribution in [0.5, 0.6) is 0 Å². The molecule has 0 amide bonds. The van der Waals surface area contributed by atoms with Gasteiger partial charge in [-0.25, -0.2) is 0 Å². The average Bonchev–Trinajstić information content (AvgIpc) is 2.74. The zero-order valence-corrected chi connectivity index (χ0v) is 7.62. The van der Waals surface area contributed by atoms with E-state index in [1.807, 2.05) is 0 Å². The first kappa shape index (κ1) is 9.08. The fraction of sp³-hybridized carbons (Fsp3) is 0.778. The number of piperidine rings is 1. The summed E-state index contributed by atoms with van der Waals surface area (Å²) in [5.74, 6) is 0.980. The molecule has 0 aromatic rings. The largest absolute Gasteiger partial charge is 0.316 e. The summed E-state index contributed by atoms with van der Waals surface area (Å²) in [5.41, 5.74) is 1.71. The highest BCUT2D eigenvalue weighted by Gasteiger charge is 2.19. The molecule has 0 unspecified atom stereocenters. The van der Waals surface area contributed by atoms with Gasteiger partial charge in [0.15, 0.2) is 0 Å². The minimum absolute atomic E-state index is 0. The van der Waals surface area contributed by atoms with Gasteiger partial charge in [-0.1, -0.05) is 11.6 Å². The van der Waals surface area contributed by atoms with Crippen LogP contribution in [-0.2, 0) is 0 Å². The molecule has 1 aliphatic carbocycles. The van der Waals surface area contributed by atoms with Crippen LogP contribution in [0.1, 0.15) is 25.7 Å². The van der Waals surface area contributed by atoms with Gasteiger partial charge in [0.05, 0.1) is 0 Å². The van der Waals surface area contributed by atoms with Crippen molar-refractivity contribution < 1.29 is 0 Å². The van der Waals surface area contributed by atoms with Gasteiger partial charge in [-0.15, -0.1) is 12.4 Å². The first-order chi connectivity index (χ1) is 4.95. The van der Waals surface area contributed by atoms with E-state index in [-0.39, 0.29) is 12.4 Å². The Morgan fingerprint density at radius 3 is 2.36 bits per heavy atom. The number of allylic oxidation sites excluding steroid dienone is 1. The predicted molar refractivity (Wildman–Crippen MR) is 50.2 cm³/mol. The van der Waals surface area contributed by atoms with E-state index in [0.29, 0.717) is 0 Å². The highest BCUT2D eigenvalue weighted by atomic mass is 35.5. The third-order valence-electron chi connectivity index (χ3n) is 2.34. The number of halogens is 1. The highest BCUT2D eigenvalue weighted by molar-refractivity contribution is 5.85. The summed E-state index contributed by atoms with van der Waals surface area (Å²) >= 11 is 0. The van der Waals surface area contributed by atoms with Crippen molar-refractivity contribution in [2.24, 2.45) is 5.92 Å². The summed E-state index contributed by atoms with van der Waals surface area (Å²) in [5, 5.41) is 3.37. The fourth-order valence-electron chi connectivity index (χ4n) is 1.51. The Labute approximate surface area is 74.7 Å². The summed E-state index contributed by atoms with van der Waals surface area (Å²) < 4.78 is 0. The molecule has 0 atom stereocenters. The first-order valence-corrected chi connectivity index (χ1v) is 4.35. The molecule has 1 saturated heterocycles. The molecule has 64 valence electrons. The normalized spacial score (nSPS) is 24.2. The van der Waals surface area contributed by atoms with Gasteiger partial charge in [0.1, 0.15) is 0 Å². The second kappa shape index (κ2) is 4.13. The number of hydrogen-bond donors (Lipinski definition) is 1.